The zero-order valence-corrected chi connectivity index (χ0v) is 16.7. The molecule has 3 aliphatic rings. The molecule has 1 saturated heterocycles. The van der Waals surface area contributed by atoms with Crippen LogP contribution in [-0.4, -0.2) is 47.0 Å². The summed E-state index contributed by atoms with van der Waals surface area (Å²) >= 11 is 0. The van der Waals surface area contributed by atoms with Crippen molar-refractivity contribution in [1.82, 2.24) is 15.4 Å². The lowest BCUT2D eigenvalue weighted by atomic mass is 9.84. The Morgan fingerprint density at radius 1 is 1.14 bits per heavy atom. The lowest BCUT2D eigenvalue weighted by molar-refractivity contribution is -0.138. The molecule has 3 N–H and O–H groups in total. The molecule has 0 bridgehead atoms. The number of likely N-dealkylation sites (tertiary alicyclic amines) is 1. The highest BCUT2D eigenvalue weighted by Gasteiger charge is 2.33. The van der Waals surface area contributed by atoms with Gasteiger partial charge in [0.05, 0.1) is 0 Å². The van der Waals surface area contributed by atoms with E-state index in [1.165, 1.54) is 0 Å². The van der Waals surface area contributed by atoms with E-state index in [1.807, 2.05) is 11.8 Å². The number of nitrogens with zero attached hydrogens (tertiary/aromatic N) is 2. The maximum atomic E-state index is 12.8. The molecule has 0 aromatic carbocycles. The molecule has 2 saturated carbocycles. The Hall–Kier alpha value is -1.89. The predicted molar refractivity (Wildman–Crippen MR) is 105 cm³/mol. The number of nitrogens with one attached hydrogen (secondary N) is 1. The van der Waals surface area contributed by atoms with Gasteiger partial charge in [0.2, 0.25) is 5.91 Å². The van der Waals surface area contributed by atoms with Crippen molar-refractivity contribution in [3.05, 3.63) is 17.5 Å². The standard InChI is InChI=1S/C21H32N4O3/c1-13(23-20(26)18-12-19(28-24-18)15-2-3-15)14-8-10-25(11-9-14)21(27)16-4-6-17(22)7-5-16/h12-17H,2-11,22H2,1H3,(H,23,26)/t13-,16?,17?/m1/s1. The maximum Gasteiger partial charge on any atom is 0.273 e. The summed E-state index contributed by atoms with van der Waals surface area (Å²) in [6.45, 7) is 3.61. The van der Waals surface area contributed by atoms with Crippen molar-refractivity contribution in [2.24, 2.45) is 17.6 Å². The van der Waals surface area contributed by atoms with E-state index in [2.05, 4.69) is 10.5 Å². The topological polar surface area (TPSA) is 101 Å². The van der Waals surface area contributed by atoms with Crippen LogP contribution in [0.25, 0.3) is 0 Å². The number of hydrogen-bond acceptors (Lipinski definition) is 5. The summed E-state index contributed by atoms with van der Waals surface area (Å²) in [6.07, 6.45) is 7.85. The Balaban J connectivity index is 1.23. The van der Waals surface area contributed by atoms with E-state index in [1.54, 1.807) is 6.07 Å². The van der Waals surface area contributed by atoms with Gasteiger partial charge in [0.15, 0.2) is 5.69 Å². The highest BCUT2D eigenvalue weighted by atomic mass is 16.5. The number of carbonyl (C=O) groups excluding carboxylic acids is 2. The summed E-state index contributed by atoms with van der Waals surface area (Å²) in [5.74, 6) is 1.95. The van der Waals surface area contributed by atoms with Crippen molar-refractivity contribution < 1.29 is 14.1 Å². The highest BCUT2D eigenvalue weighted by molar-refractivity contribution is 5.92. The Labute approximate surface area is 166 Å². The number of nitrogens with two attached hydrogens (primary N) is 1. The van der Waals surface area contributed by atoms with Crippen molar-refractivity contribution in [2.45, 2.75) is 76.3 Å². The summed E-state index contributed by atoms with van der Waals surface area (Å²) in [6, 6.07) is 2.10. The van der Waals surface area contributed by atoms with Crippen LogP contribution in [0.15, 0.2) is 10.6 Å². The number of carbonyl (C=O) groups is 2. The predicted octanol–water partition coefficient (Wildman–Crippen LogP) is 2.43. The van der Waals surface area contributed by atoms with Gasteiger partial charge in [-0.2, -0.15) is 0 Å². The Bertz CT molecular complexity index is 698. The summed E-state index contributed by atoms with van der Waals surface area (Å²) in [4.78, 5) is 27.2. The molecule has 1 aromatic heterocycles. The van der Waals surface area contributed by atoms with E-state index in [0.717, 1.165) is 70.2 Å². The van der Waals surface area contributed by atoms with E-state index in [4.69, 9.17) is 10.3 Å². The van der Waals surface area contributed by atoms with Gasteiger partial charge >= 0.3 is 0 Å². The molecule has 2 amide bonds. The molecule has 7 heteroatoms. The Morgan fingerprint density at radius 2 is 1.82 bits per heavy atom. The van der Waals surface area contributed by atoms with Crippen LogP contribution in [0.2, 0.25) is 0 Å². The SMILES string of the molecule is C[C@@H](NC(=O)c1cc(C2CC2)on1)C1CCN(C(=O)C2CCC(N)CC2)CC1. The molecule has 0 radical (unpaired) electrons. The van der Waals surface area contributed by atoms with Crippen molar-refractivity contribution in [2.75, 3.05) is 13.1 Å². The van der Waals surface area contributed by atoms with Crippen LogP contribution in [0.4, 0.5) is 0 Å². The summed E-state index contributed by atoms with van der Waals surface area (Å²) in [5.41, 5.74) is 6.33. The van der Waals surface area contributed by atoms with Gasteiger partial charge in [-0.05, 0) is 64.2 Å². The lowest BCUT2D eigenvalue weighted by Crippen LogP contribution is -2.47. The number of aromatic nitrogens is 1. The van der Waals surface area contributed by atoms with Gasteiger partial charge in [-0.15, -0.1) is 0 Å². The second-order valence-corrected chi connectivity index (χ2v) is 8.93. The third kappa shape index (κ3) is 4.40. The zero-order chi connectivity index (χ0) is 19.7. The van der Waals surface area contributed by atoms with Crippen LogP contribution in [0.3, 0.4) is 0 Å². The molecular formula is C21H32N4O3. The van der Waals surface area contributed by atoms with Gasteiger partial charge in [-0.3, -0.25) is 9.59 Å². The fraction of sp³-hybridized carbons (Fsp3) is 0.762. The van der Waals surface area contributed by atoms with Crippen LogP contribution in [-0.2, 0) is 4.79 Å². The lowest BCUT2D eigenvalue weighted by Gasteiger charge is -2.37. The number of amides is 2. The molecule has 0 spiro atoms. The van der Waals surface area contributed by atoms with E-state index < -0.39 is 0 Å². The maximum absolute atomic E-state index is 12.8. The molecule has 1 aliphatic heterocycles. The molecule has 154 valence electrons. The molecular weight excluding hydrogens is 356 g/mol. The third-order valence-electron chi connectivity index (χ3n) is 6.78. The summed E-state index contributed by atoms with van der Waals surface area (Å²) < 4.78 is 5.28. The van der Waals surface area contributed by atoms with Crippen molar-refractivity contribution in [1.29, 1.82) is 0 Å². The number of rotatable bonds is 5. The van der Waals surface area contributed by atoms with Gasteiger partial charge in [-0.1, -0.05) is 5.16 Å². The number of piperidine rings is 1. The molecule has 4 rings (SSSR count). The van der Waals surface area contributed by atoms with Crippen molar-refractivity contribution in [3.63, 3.8) is 0 Å². The second kappa shape index (κ2) is 8.23. The third-order valence-corrected chi connectivity index (χ3v) is 6.78. The van der Waals surface area contributed by atoms with Gasteiger partial charge in [0.25, 0.3) is 5.91 Å². The molecule has 2 aliphatic carbocycles. The van der Waals surface area contributed by atoms with Crippen LogP contribution < -0.4 is 11.1 Å². The fourth-order valence-corrected chi connectivity index (χ4v) is 4.60. The fourth-order valence-electron chi connectivity index (χ4n) is 4.60. The van der Waals surface area contributed by atoms with E-state index in [-0.39, 0.29) is 23.9 Å². The minimum atomic E-state index is -0.166. The number of hydrogen-bond donors (Lipinski definition) is 2. The van der Waals surface area contributed by atoms with E-state index >= 15 is 0 Å². The van der Waals surface area contributed by atoms with Crippen LogP contribution >= 0.6 is 0 Å². The molecule has 2 heterocycles. The van der Waals surface area contributed by atoms with Gasteiger partial charge in [0, 0.05) is 43.1 Å². The molecule has 1 aromatic rings. The minimum absolute atomic E-state index is 0.0542. The van der Waals surface area contributed by atoms with Gasteiger partial charge in [-0.25, -0.2) is 0 Å². The molecule has 28 heavy (non-hydrogen) atoms. The molecule has 0 unspecified atom stereocenters. The van der Waals surface area contributed by atoms with Gasteiger partial charge in [0.1, 0.15) is 5.76 Å². The Morgan fingerprint density at radius 3 is 2.46 bits per heavy atom. The highest BCUT2D eigenvalue weighted by Crippen LogP contribution is 2.40. The summed E-state index contributed by atoms with van der Waals surface area (Å²) in [5, 5.41) is 6.99. The smallest absolute Gasteiger partial charge is 0.273 e. The van der Waals surface area contributed by atoms with E-state index in [9.17, 15) is 9.59 Å². The largest absolute Gasteiger partial charge is 0.360 e. The molecule has 7 nitrogen and oxygen atoms in total. The first-order chi connectivity index (χ1) is 13.5. The minimum Gasteiger partial charge on any atom is -0.360 e. The average Bonchev–Trinajstić information content (AvgIpc) is 3.44. The average molecular weight is 389 g/mol. The van der Waals surface area contributed by atoms with Crippen LogP contribution in [0.1, 0.15) is 80.5 Å². The second-order valence-electron chi connectivity index (χ2n) is 8.93. The van der Waals surface area contributed by atoms with Crippen LogP contribution in [0, 0.1) is 11.8 Å². The summed E-state index contributed by atoms with van der Waals surface area (Å²) in [7, 11) is 0. The van der Waals surface area contributed by atoms with Crippen molar-refractivity contribution in [3.8, 4) is 0 Å². The van der Waals surface area contributed by atoms with Crippen LogP contribution in [0.5, 0.6) is 0 Å². The normalized spacial score (nSPS) is 27.4. The monoisotopic (exact) mass is 388 g/mol. The van der Waals surface area contributed by atoms with E-state index in [0.29, 0.717) is 23.4 Å². The first kappa shape index (κ1) is 19.4. The zero-order valence-electron chi connectivity index (χ0n) is 16.7. The molecule has 3 fully saturated rings. The first-order valence-corrected chi connectivity index (χ1v) is 10.8. The van der Waals surface area contributed by atoms with Gasteiger partial charge < -0.3 is 20.5 Å². The molecule has 1 atom stereocenters. The first-order valence-electron chi connectivity index (χ1n) is 10.8. The quantitative estimate of drug-likeness (QED) is 0.807. The Kier molecular flexibility index (Phi) is 5.71. The van der Waals surface area contributed by atoms with Crippen molar-refractivity contribution >= 4 is 11.8 Å².